The minimum Gasteiger partial charge on any atom is -0.398 e. The fourth-order valence-corrected chi connectivity index (χ4v) is 6.69. The van der Waals surface area contributed by atoms with Gasteiger partial charge in [-0.1, -0.05) is 18.2 Å². The maximum absolute atomic E-state index is 12.8. The highest BCUT2D eigenvalue weighted by Crippen LogP contribution is 2.60. The molecule has 3 nitrogen and oxygen atoms in total. The largest absolute Gasteiger partial charge is 0.398 e. The molecule has 3 N–H and O–H groups in total. The van der Waals surface area contributed by atoms with Crippen LogP contribution in [-0.2, 0) is 5.41 Å². The minimum absolute atomic E-state index is 0.0875. The zero-order chi connectivity index (χ0) is 19.5. The van der Waals surface area contributed by atoms with E-state index < -0.39 is 0 Å². The Balaban J connectivity index is 1.40. The molecule has 0 heterocycles. The molecule has 0 saturated heterocycles. The van der Waals surface area contributed by atoms with Crippen LogP contribution >= 0.6 is 0 Å². The maximum Gasteiger partial charge on any atom is 0.256 e. The van der Waals surface area contributed by atoms with Gasteiger partial charge in [0.05, 0.1) is 0 Å². The molecule has 0 radical (unpaired) electrons. The van der Waals surface area contributed by atoms with E-state index in [1.54, 1.807) is 0 Å². The highest BCUT2D eigenvalue weighted by atomic mass is 16.1. The van der Waals surface area contributed by atoms with E-state index in [4.69, 9.17) is 5.73 Å². The van der Waals surface area contributed by atoms with Crippen molar-refractivity contribution in [3.05, 3.63) is 58.7 Å². The summed E-state index contributed by atoms with van der Waals surface area (Å²) in [6, 6.07) is 12.2. The molecule has 4 saturated carbocycles. The fourth-order valence-electron chi connectivity index (χ4n) is 6.69. The van der Waals surface area contributed by atoms with Crippen molar-refractivity contribution >= 4 is 17.3 Å². The van der Waals surface area contributed by atoms with Crippen molar-refractivity contribution < 1.29 is 4.79 Å². The van der Waals surface area contributed by atoms with Gasteiger partial charge < -0.3 is 11.1 Å². The van der Waals surface area contributed by atoms with Crippen LogP contribution in [0.3, 0.4) is 0 Å². The number of nitrogens with one attached hydrogen (secondary N) is 1. The van der Waals surface area contributed by atoms with E-state index >= 15 is 0 Å². The van der Waals surface area contributed by atoms with Crippen molar-refractivity contribution in [1.82, 2.24) is 0 Å². The fraction of sp³-hybridized carbons (Fsp3) is 0.480. The molecule has 3 heteroatoms. The predicted octanol–water partition coefficient (Wildman–Crippen LogP) is 5.61. The zero-order valence-corrected chi connectivity index (χ0v) is 16.9. The Morgan fingerprint density at radius 2 is 1.64 bits per heavy atom. The van der Waals surface area contributed by atoms with Gasteiger partial charge in [0.25, 0.3) is 5.91 Å². The first-order valence-electron chi connectivity index (χ1n) is 10.7. The van der Waals surface area contributed by atoms with Crippen molar-refractivity contribution in [3.63, 3.8) is 0 Å². The zero-order valence-electron chi connectivity index (χ0n) is 16.9. The highest BCUT2D eigenvalue weighted by molar-refractivity contribution is 6.06. The summed E-state index contributed by atoms with van der Waals surface area (Å²) in [6.07, 6.45) is 8.50. The van der Waals surface area contributed by atoms with Crippen LogP contribution in [0.5, 0.6) is 0 Å². The summed E-state index contributed by atoms with van der Waals surface area (Å²) in [7, 11) is 0. The average molecular weight is 375 g/mol. The summed E-state index contributed by atoms with van der Waals surface area (Å²) in [5.74, 6) is 2.74. The lowest BCUT2D eigenvalue weighted by Crippen LogP contribution is -2.48. The SMILES string of the molecule is Cc1cc(C23CC4CC(CC(C4)C2)C3)ccc1NC(=O)c1cccc(N)c1C. The van der Waals surface area contributed by atoms with Crippen LogP contribution in [0.15, 0.2) is 36.4 Å². The van der Waals surface area contributed by atoms with E-state index in [-0.39, 0.29) is 5.91 Å². The van der Waals surface area contributed by atoms with Gasteiger partial charge in [-0.3, -0.25) is 4.79 Å². The van der Waals surface area contributed by atoms with Gasteiger partial charge in [0.15, 0.2) is 0 Å². The van der Waals surface area contributed by atoms with Gasteiger partial charge in [-0.25, -0.2) is 0 Å². The molecular formula is C25H30N2O. The second-order valence-corrected chi connectivity index (χ2v) is 9.70. The summed E-state index contributed by atoms with van der Waals surface area (Å²) < 4.78 is 0. The Morgan fingerprint density at radius 1 is 1.00 bits per heavy atom. The summed E-state index contributed by atoms with van der Waals surface area (Å²) in [6.45, 7) is 4.01. The molecule has 4 aliphatic carbocycles. The molecule has 4 fully saturated rings. The summed E-state index contributed by atoms with van der Waals surface area (Å²) >= 11 is 0. The van der Waals surface area contributed by atoms with Gasteiger partial charge in [-0.15, -0.1) is 0 Å². The Hall–Kier alpha value is -2.29. The molecule has 2 aromatic carbocycles. The molecule has 0 spiro atoms. The van der Waals surface area contributed by atoms with E-state index in [1.807, 2.05) is 25.1 Å². The standard InChI is InChI=1S/C25H30N2O/c1-15-8-20(25-12-17-9-18(13-25)11-19(10-17)14-25)6-7-23(15)27-24(28)21-4-3-5-22(26)16(21)2/h3-8,17-19H,9-14,26H2,1-2H3,(H,27,28). The van der Waals surface area contributed by atoms with Crippen molar-refractivity contribution in [3.8, 4) is 0 Å². The normalized spacial score (nSPS) is 30.4. The van der Waals surface area contributed by atoms with Gasteiger partial charge in [-0.05, 0) is 110 Å². The molecule has 2 aromatic rings. The van der Waals surface area contributed by atoms with Crippen LogP contribution in [0.4, 0.5) is 11.4 Å². The first-order valence-corrected chi connectivity index (χ1v) is 10.7. The van der Waals surface area contributed by atoms with E-state index in [1.165, 1.54) is 44.1 Å². The molecule has 146 valence electrons. The van der Waals surface area contributed by atoms with Gasteiger partial charge in [0, 0.05) is 16.9 Å². The number of amides is 1. The van der Waals surface area contributed by atoms with Gasteiger partial charge in [0.2, 0.25) is 0 Å². The molecule has 6 rings (SSSR count). The molecule has 28 heavy (non-hydrogen) atoms. The number of nitrogens with two attached hydrogens (primary N) is 1. The second kappa shape index (κ2) is 6.37. The van der Waals surface area contributed by atoms with Crippen molar-refractivity contribution in [2.24, 2.45) is 17.8 Å². The van der Waals surface area contributed by atoms with Gasteiger partial charge in [0.1, 0.15) is 0 Å². The van der Waals surface area contributed by atoms with E-state index in [2.05, 4.69) is 30.4 Å². The lowest BCUT2D eigenvalue weighted by Gasteiger charge is -2.57. The Morgan fingerprint density at radius 3 is 2.25 bits per heavy atom. The topological polar surface area (TPSA) is 55.1 Å². The number of anilines is 2. The van der Waals surface area contributed by atoms with Crippen LogP contribution in [0.25, 0.3) is 0 Å². The summed E-state index contributed by atoms with van der Waals surface area (Å²) in [4.78, 5) is 12.8. The lowest BCUT2D eigenvalue weighted by atomic mass is 9.48. The third kappa shape index (κ3) is 2.83. The third-order valence-electron chi connectivity index (χ3n) is 7.75. The quantitative estimate of drug-likeness (QED) is 0.687. The molecule has 0 unspecified atom stereocenters. The van der Waals surface area contributed by atoms with Crippen LogP contribution in [0.2, 0.25) is 0 Å². The number of carbonyl (C=O) groups is 1. The predicted molar refractivity (Wildman–Crippen MR) is 115 cm³/mol. The first kappa shape index (κ1) is 17.8. The number of benzene rings is 2. The van der Waals surface area contributed by atoms with E-state index in [0.29, 0.717) is 16.7 Å². The Labute approximate surface area is 167 Å². The number of carbonyl (C=O) groups excluding carboxylic acids is 1. The molecule has 4 bridgehead atoms. The molecule has 1 amide bonds. The van der Waals surface area contributed by atoms with E-state index in [9.17, 15) is 4.79 Å². The van der Waals surface area contributed by atoms with Gasteiger partial charge >= 0.3 is 0 Å². The van der Waals surface area contributed by atoms with Crippen LogP contribution < -0.4 is 11.1 Å². The number of aryl methyl sites for hydroxylation is 1. The van der Waals surface area contributed by atoms with Crippen molar-refractivity contribution in [1.29, 1.82) is 0 Å². The van der Waals surface area contributed by atoms with Crippen LogP contribution in [-0.4, -0.2) is 5.91 Å². The van der Waals surface area contributed by atoms with Crippen LogP contribution in [0, 0.1) is 31.6 Å². The van der Waals surface area contributed by atoms with Crippen LogP contribution in [0.1, 0.15) is 65.6 Å². The monoisotopic (exact) mass is 374 g/mol. The number of nitrogen functional groups attached to an aromatic ring is 1. The highest BCUT2D eigenvalue weighted by Gasteiger charge is 2.51. The van der Waals surface area contributed by atoms with Crippen molar-refractivity contribution in [2.75, 3.05) is 11.1 Å². The molecule has 0 aliphatic heterocycles. The smallest absolute Gasteiger partial charge is 0.256 e. The second-order valence-electron chi connectivity index (χ2n) is 9.70. The lowest BCUT2D eigenvalue weighted by molar-refractivity contribution is -0.00520. The molecular weight excluding hydrogens is 344 g/mol. The van der Waals surface area contributed by atoms with Crippen molar-refractivity contribution in [2.45, 2.75) is 57.8 Å². The number of hydrogen-bond donors (Lipinski definition) is 2. The third-order valence-corrected chi connectivity index (χ3v) is 7.75. The summed E-state index contributed by atoms with van der Waals surface area (Å²) in [5.41, 5.74) is 12.1. The summed E-state index contributed by atoms with van der Waals surface area (Å²) in [5, 5.41) is 3.10. The first-order chi connectivity index (χ1) is 13.4. The Bertz CT molecular complexity index is 910. The van der Waals surface area contributed by atoms with Gasteiger partial charge in [-0.2, -0.15) is 0 Å². The minimum atomic E-state index is -0.0875. The van der Waals surface area contributed by atoms with E-state index in [0.717, 1.165) is 34.6 Å². The average Bonchev–Trinajstić information content (AvgIpc) is 2.64. The number of rotatable bonds is 3. The number of hydrogen-bond acceptors (Lipinski definition) is 2. The molecule has 0 atom stereocenters. The maximum atomic E-state index is 12.8. The molecule has 4 aliphatic rings. The Kier molecular flexibility index (Phi) is 4.04. The molecule has 0 aromatic heterocycles.